The van der Waals surface area contributed by atoms with Crippen LogP contribution in [0.2, 0.25) is 0 Å². The second-order valence-electron chi connectivity index (χ2n) is 3.43. The van der Waals surface area contributed by atoms with E-state index in [1.54, 1.807) is 0 Å². The third kappa shape index (κ3) is 4.71. The Balaban J connectivity index is 3.66. The van der Waals surface area contributed by atoms with Gasteiger partial charge >= 0.3 is 0 Å². The molecular formula is C8H16N2O2. The Kier molecular flexibility index (Phi) is 4.33. The molecule has 0 aliphatic rings. The van der Waals surface area contributed by atoms with Gasteiger partial charge < -0.3 is 10.2 Å². The number of oxime groups is 1. The highest BCUT2D eigenvalue weighted by Gasteiger charge is 2.19. The Morgan fingerprint density at radius 3 is 2.58 bits per heavy atom. The van der Waals surface area contributed by atoms with Crippen LogP contribution in [0.25, 0.3) is 0 Å². The maximum Gasteiger partial charge on any atom is 0.225 e. The SMILES string of the molecule is CON=CCNC(=O)C(C)(C)C. The molecule has 4 nitrogen and oxygen atoms in total. The molecule has 0 atom stereocenters. The van der Waals surface area contributed by atoms with Gasteiger partial charge in [0.25, 0.3) is 0 Å². The van der Waals surface area contributed by atoms with E-state index in [-0.39, 0.29) is 11.3 Å². The minimum atomic E-state index is -0.346. The number of rotatable bonds is 3. The molecule has 1 N–H and O–H groups in total. The smallest absolute Gasteiger partial charge is 0.225 e. The molecule has 0 bridgehead atoms. The van der Waals surface area contributed by atoms with Gasteiger partial charge in [-0.15, -0.1) is 0 Å². The number of carbonyl (C=O) groups is 1. The van der Waals surface area contributed by atoms with E-state index in [4.69, 9.17) is 0 Å². The number of nitrogens with zero attached hydrogens (tertiary/aromatic N) is 1. The molecule has 0 radical (unpaired) electrons. The molecule has 0 aromatic carbocycles. The molecule has 4 heteroatoms. The second kappa shape index (κ2) is 4.74. The van der Waals surface area contributed by atoms with Crippen LogP contribution in [-0.4, -0.2) is 25.8 Å². The zero-order valence-corrected chi connectivity index (χ0v) is 8.05. The van der Waals surface area contributed by atoms with Crippen LogP contribution in [-0.2, 0) is 9.63 Å². The van der Waals surface area contributed by atoms with Crippen LogP contribution >= 0.6 is 0 Å². The summed E-state index contributed by atoms with van der Waals surface area (Å²) >= 11 is 0. The maximum atomic E-state index is 11.2. The van der Waals surface area contributed by atoms with Crippen molar-refractivity contribution in [2.75, 3.05) is 13.7 Å². The van der Waals surface area contributed by atoms with E-state index in [0.717, 1.165) is 0 Å². The molecule has 0 aromatic heterocycles. The molecule has 70 valence electrons. The largest absolute Gasteiger partial charge is 0.399 e. The third-order valence-electron chi connectivity index (χ3n) is 1.22. The van der Waals surface area contributed by atoms with Crippen molar-refractivity contribution in [1.29, 1.82) is 0 Å². The Morgan fingerprint density at radius 1 is 1.58 bits per heavy atom. The standard InChI is InChI=1S/C8H16N2O2/c1-8(2,3)7(11)9-5-6-10-12-4/h6H,5H2,1-4H3,(H,9,11). The zero-order chi connectivity index (χ0) is 9.61. The highest BCUT2D eigenvalue weighted by molar-refractivity contribution is 5.83. The first-order chi connectivity index (χ1) is 5.48. The molecular weight excluding hydrogens is 156 g/mol. The summed E-state index contributed by atoms with van der Waals surface area (Å²) in [5, 5.41) is 6.18. The average Bonchev–Trinajstić information content (AvgIpc) is 1.96. The average molecular weight is 172 g/mol. The molecule has 12 heavy (non-hydrogen) atoms. The predicted octanol–water partition coefficient (Wildman–Crippen LogP) is 0.781. The van der Waals surface area contributed by atoms with Crippen LogP contribution in [0.15, 0.2) is 5.16 Å². The van der Waals surface area contributed by atoms with Gasteiger partial charge in [-0.1, -0.05) is 25.9 Å². The van der Waals surface area contributed by atoms with Gasteiger partial charge in [-0.25, -0.2) is 0 Å². The number of carbonyl (C=O) groups excluding carboxylic acids is 1. The summed E-state index contributed by atoms with van der Waals surface area (Å²) in [5.41, 5.74) is -0.346. The van der Waals surface area contributed by atoms with Crippen molar-refractivity contribution in [3.05, 3.63) is 0 Å². The van der Waals surface area contributed by atoms with Crippen molar-refractivity contribution in [2.45, 2.75) is 20.8 Å². The van der Waals surface area contributed by atoms with Crippen LogP contribution < -0.4 is 5.32 Å². The van der Waals surface area contributed by atoms with Gasteiger partial charge in [-0.3, -0.25) is 4.79 Å². The first-order valence-corrected chi connectivity index (χ1v) is 3.81. The molecule has 0 fully saturated rings. The van der Waals surface area contributed by atoms with E-state index in [1.165, 1.54) is 13.3 Å². The molecule has 0 aromatic rings. The Hall–Kier alpha value is -1.06. The van der Waals surface area contributed by atoms with Crippen LogP contribution in [0.4, 0.5) is 0 Å². The van der Waals surface area contributed by atoms with Gasteiger partial charge in [0.15, 0.2) is 0 Å². The Labute approximate surface area is 73.0 Å². The van der Waals surface area contributed by atoms with Crippen LogP contribution in [0.5, 0.6) is 0 Å². The maximum absolute atomic E-state index is 11.2. The lowest BCUT2D eigenvalue weighted by Crippen LogP contribution is -2.35. The van der Waals surface area contributed by atoms with Crippen molar-refractivity contribution < 1.29 is 9.63 Å². The monoisotopic (exact) mass is 172 g/mol. The van der Waals surface area contributed by atoms with E-state index in [1.807, 2.05) is 20.8 Å². The molecule has 0 aliphatic heterocycles. The molecule has 0 spiro atoms. The number of amides is 1. The highest BCUT2D eigenvalue weighted by Crippen LogP contribution is 2.11. The normalized spacial score (nSPS) is 11.7. The van der Waals surface area contributed by atoms with E-state index >= 15 is 0 Å². The lowest BCUT2D eigenvalue weighted by Gasteiger charge is -2.16. The van der Waals surface area contributed by atoms with Crippen LogP contribution in [0.1, 0.15) is 20.8 Å². The van der Waals surface area contributed by atoms with E-state index in [2.05, 4.69) is 15.3 Å². The van der Waals surface area contributed by atoms with Gasteiger partial charge in [0.1, 0.15) is 7.11 Å². The van der Waals surface area contributed by atoms with Crippen molar-refractivity contribution in [3.63, 3.8) is 0 Å². The van der Waals surface area contributed by atoms with Gasteiger partial charge in [0.2, 0.25) is 5.91 Å². The second-order valence-corrected chi connectivity index (χ2v) is 3.43. The number of hydrogen-bond donors (Lipinski definition) is 1. The molecule has 1 amide bonds. The van der Waals surface area contributed by atoms with Gasteiger partial charge in [0.05, 0.1) is 12.8 Å². The number of hydrogen-bond acceptors (Lipinski definition) is 3. The summed E-state index contributed by atoms with van der Waals surface area (Å²) in [6.07, 6.45) is 1.50. The van der Waals surface area contributed by atoms with Gasteiger partial charge in [-0.05, 0) is 0 Å². The van der Waals surface area contributed by atoms with Crippen LogP contribution in [0.3, 0.4) is 0 Å². The Morgan fingerprint density at radius 2 is 2.17 bits per heavy atom. The fourth-order valence-corrected chi connectivity index (χ4v) is 0.515. The predicted molar refractivity (Wildman–Crippen MR) is 48.0 cm³/mol. The zero-order valence-electron chi connectivity index (χ0n) is 8.05. The minimum absolute atomic E-state index is 0.00468. The minimum Gasteiger partial charge on any atom is -0.399 e. The summed E-state index contributed by atoms with van der Waals surface area (Å²) in [6, 6.07) is 0. The molecule has 0 saturated heterocycles. The number of nitrogens with one attached hydrogen (secondary N) is 1. The summed E-state index contributed by atoms with van der Waals surface area (Å²) in [7, 11) is 1.46. The quantitative estimate of drug-likeness (QED) is 0.505. The summed E-state index contributed by atoms with van der Waals surface area (Å²) in [6.45, 7) is 5.98. The van der Waals surface area contributed by atoms with Crippen molar-refractivity contribution in [3.8, 4) is 0 Å². The summed E-state index contributed by atoms with van der Waals surface area (Å²) in [4.78, 5) is 15.6. The topological polar surface area (TPSA) is 50.7 Å². The molecule has 0 unspecified atom stereocenters. The van der Waals surface area contributed by atoms with Gasteiger partial charge in [-0.2, -0.15) is 0 Å². The fourth-order valence-electron chi connectivity index (χ4n) is 0.515. The van der Waals surface area contributed by atoms with Crippen molar-refractivity contribution >= 4 is 12.1 Å². The molecule has 0 saturated carbocycles. The van der Waals surface area contributed by atoms with E-state index in [0.29, 0.717) is 6.54 Å². The summed E-state index contributed by atoms with van der Waals surface area (Å²) in [5.74, 6) is 0.00468. The lowest BCUT2D eigenvalue weighted by molar-refractivity contribution is -0.128. The molecule has 0 aliphatic carbocycles. The summed E-state index contributed by atoms with van der Waals surface area (Å²) < 4.78 is 0. The highest BCUT2D eigenvalue weighted by atomic mass is 16.6. The van der Waals surface area contributed by atoms with E-state index < -0.39 is 0 Å². The third-order valence-corrected chi connectivity index (χ3v) is 1.22. The first kappa shape index (κ1) is 10.9. The van der Waals surface area contributed by atoms with Crippen molar-refractivity contribution in [1.82, 2.24) is 5.32 Å². The Bertz CT molecular complexity index is 170. The first-order valence-electron chi connectivity index (χ1n) is 3.81. The lowest BCUT2D eigenvalue weighted by atomic mass is 9.96. The van der Waals surface area contributed by atoms with E-state index in [9.17, 15) is 4.79 Å². The van der Waals surface area contributed by atoms with Crippen molar-refractivity contribution in [2.24, 2.45) is 10.6 Å². The van der Waals surface area contributed by atoms with Crippen LogP contribution in [0, 0.1) is 5.41 Å². The fraction of sp³-hybridized carbons (Fsp3) is 0.750. The molecule has 0 heterocycles. The van der Waals surface area contributed by atoms with Gasteiger partial charge in [0, 0.05) is 5.41 Å². The molecule has 0 rings (SSSR count).